The summed E-state index contributed by atoms with van der Waals surface area (Å²) in [7, 11) is 0. The van der Waals surface area contributed by atoms with Gasteiger partial charge in [0, 0.05) is 22.3 Å². The monoisotopic (exact) mass is 364 g/mol. The highest BCUT2D eigenvalue weighted by molar-refractivity contribution is 6.40. The number of ketones is 2. The molecule has 5 rings (SSSR count). The molecule has 28 heavy (non-hydrogen) atoms. The van der Waals surface area contributed by atoms with Gasteiger partial charge in [0.25, 0.3) is 0 Å². The summed E-state index contributed by atoms with van der Waals surface area (Å²) in [5.41, 5.74) is 18.7. The third kappa shape index (κ3) is 2.12. The summed E-state index contributed by atoms with van der Waals surface area (Å²) in [6.45, 7) is 0. The van der Waals surface area contributed by atoms with Gasteiger partial charge in [-0.05, 0) is 11.1 Å². The lowest BCUT2D eigenvalue weighted by molar-refractivity contribution is 0.105. The number of hydrogen-bond donors (Lipinski definition) is 2. The van der Waals surface area contributed by atoms with Gasteiger partial charge in [-0.3, -0.25) is 9.59 Å². The van der Waals surface area contributed by atoms with Crippen LogP contribution in [-0.4, -0.2) is 11.6 Å². The van der Waals surface area contributed by atoms with Gasteiger partial charge >= 0.3 is 0 Å². The molecule has 4 heteroatoms. The molecule has 4 nitrogen and oxygen atoms in total. The van der Waals surface area contributed by atoms with Gasteiger partial charge in [0.2, 0.25) is 0 Å². The number of Topliss-reactive ketones (excluding diaryl/α,β-unsaturated/α-hetero) is 2. The number of nitrogens with two attached hydrogens (primary N) is 2. The van der Waals surface area contributed by atoms with E-state index in [0.717, 1.165) is 22.3 Å². The fourth-order valence-corrected chi connectivity index (χ4v) is 3.99. The van der Waals surface area contributed by atoms with Crippen LogP contribution < -0.4 is 11.5 Å². The molecule has 0 amide bonds. The molecule has 0 radical (unpaired) electrons. The van der Waals surface area contributed by atoms with E-state index in [2.05, 4.69) is 0 Å². The maximum Gasteiger partial charge on any atom is 0.196 e. The van der Waals surface area contributed by atoms with E-state index < -0.39 is 0 Å². The van der Waals surface area contributed by atoms with Crippen LogP contribution in [0.5, 0.6) is 0 Å². The minimum Gasteiger partial charge on any atom is -0.398 e. The first-order valence-corrected chi connectivity index (χ1v) is 8.96. The van der Waals surface area contributed by atoms with Gasteiger partial charge in [0.05, 0.1) is 22.5 Å². The van der Waals surface area contributed by atoms with Crippen molar-refractivity contribution < 1.29 is 9.59 Å². The fraction of sp³-hybridized carbons (Fsp3) is 0. The van der Waals surface area contributed by atoms with Crippen molar-refractivity contribution >= 4 is 34.1 Å². The maximum atomic E-state index is 12.8. The van der Waals surface area contributed by atoms with Crippen LogP contribution in [0.3, 0.4) is 0 Å². The summed E-state index contributed by atoms with van der Waals surface area (Å²) in [6.07, 6.45) is 0. The second-order valence-electron chi connectivity index (χ2n) is 6.90. The summed E-state index contributed by atoms with van der Waals surface area (Å²) in [5, 5.41) is 0. The highest BCUT2D eigenvalue weighted by Crippen LogP contribution is 2.38. The van der Waals surface area contributed by atoms with Crippen LogP contribution in [-0.2, 0) is 0 Å². The Morgan fingerprint density at radius 3 is 1.11 bits per heavy atom. The highest BCUT2D eigenvalue weighted by Gasteiger charge is 2.30. The molecule has 0 spiro atoms. The first kappa shape index (κ1) is 16.3. The molecular weight excluding hydrogens is 348 g/mol. The topological polar surface area (TPSA) is 86.2 Å². The van der Waals surface area contributed by atoms with E-state index in [9.17, 15) is 9.59 Å². The van der Waals surface area contributed by atoms with Crippen LogP contribution in [0.15, 0.2) is 72.8 Å². The van der Waals surface area contributed by atoms with Crippen molar-refractivity contribution in [3.05, 3.63) is 106 Å². The Morgan fingerprint density at radius 1 is 0.464 bits per heavy atom. The zero-order chi connectivity index (χ0) is 19.4. The second kappa shape index (κ2) is 5.79. The Balaban J connectivity index is 1.55. The lowest BCUT2D eigenvalue weighted by Crippen LogP contribution is -2.02. The van der Waals surface area contributed by atoms with Crippen molar-refractivity contribution in [2.45, 2.75) is 0 Å². The average molecular weight is 364 g/mol. The molecule has 3 aromatic carbocycles. The molecule has 3 aromatic rings. The predicted molar refractivity (Wildman–Crippen MR) is 110 cm³/mol. The van der Waals surface area contributed by atoms with E-state index in [1.54, 1.807) is 12.1 Å². The Morgan fingerprint density at radius 2 is 0.786 bits per heavy atom. The lowest BCUT2D eigenvalue weighted by Gasteiger charge is -2.07. The molecule has 0 aliphatic heterocycles. The Kier molecular flexibility index (Phi) is 3.36. The van der Waals surface area contributed by atoms with E-state index in [1.165, 1.54) is 0 Å². The molecule has 0 atom stereocenters. The van der Waals surface area contributed by atoms with E-state index in [-0.39, 0.29) is 11.6 Å². The third-order valence-electron chi connectivity index (χ3n) is 5.38. The van der Waals surface area contributed by atoms with Crippen molar-refractivity contribution in [1.29, 1.82) is 0 Å². The smallest absolute Gasteiger partial charge is 0.196 e. The molecule has 0 aromatic heterocycles. The first-order valence-electron chi connectivity index (χ1n) is 8.96. The second-order valence-corrected chi connectivity index (χ2v) is 6.90. The van der Waals surface area contributed by atoms with Crippen LogP contribution >= 0.6 is 0 Å². The Bertz CT molecular complexity index is 1150. The first-order chi connectivity index (χ1) is 13.6. The molecule has 2 aliphatic rings. The lowest BCUT2D eigenvalue weighted by atomic mass is 9.96. The number of carbonyl (C=O) groups excluding carboxylic acids is 2. The maximum absolute atomic E-state index is 12.8. The van der Waals surface area contributed by atoms with Gasteiger partial charge < -0.3 is 11.5 Å². The minimum absolute atomic E-state index is 0.0797. The van der Waals surface area contributed by atoms with Crippen LogP contribution in [0, 0.1) is 0 Å². The predicted octanol–water partition coefficient (Wildman–Crippen LogP) is 3.73. The van der Waals surface area contributed by atoms with Gasteiger partial charge in [-0.15, -0.1) is 0 Å². The van der Waals surface area contributed by atoms with Crippen LogP contribution in [0.4, 0.5) is 0 Å². The highest BCUT2D eigenvalue weighted by atomic mass is 16.1. The molecule has 0 saturated carbocycles. The van der Waals surface area contributed by atoms with Crippen molar-refractivity contribution in [3.63, 3.8) is 0 Å². The molecule has 0 saturated heterocycles. The SMILES string of the molecule is NC1=C(c2ccc(C3=C(N)c4ccccc4C3=O)cc2)C(=O)c2ccccc21. The summed E-state index contributed by atoms with van der Waals surface area (Å²) in [6, 6.07) is 21.9. The van der Waals surface area contributed by atoms with Crippen molar-refractivity contribution in [1.82, 2.24) is 0 Å². The number of rotatable bonds is 2. The zero-order valence-corrected chi connectivity index (χ0v) is 14.9. The number of hydrogen-bond acceptors (Lipinski definition) is 4. The molecule has 134 valence electrons. The van der Waals surface area contributed by atoms with E-state index >= 15 is 0 Å². The third-order valence-corrected chi connectivity index (χ3v) is 5.38. The molecule has 0 bridgehead atoms. The normalized spacial score (nSPS) is 15.3. The summed E-state index contributed by atoms with van der Waals surface area (Å²) < 4.78 is 0. The Hall–Kier alpha value is -3.92. The van der Waals surface area contributed by atoms with Crippen molar-refractivity contribution in [2.75, 3.05) is 0 Å². The summed E-state index contributed by atoms with van der Waals surface area (Å²) in [5.74, 6) is -0.159. The summed E-state index contributed by atoms with van der Waals surface area (Å²) >= 11 is 0. The van der Waals surface area contributed by atoms with Gasteiger partial charge in [0.15, 0.2) is 11.6 Å². The fourth-order valence-electron chi connectivity index (χ4n) is 3.99. The zero-order valence-electron chi connectivity index (χ0n) is 14.9. The summed E-state index contributed by atoms with van der Waals surface area (Å²) in [4.78, 5) is 25.6. The molecule has 0 heterocycles. The number of allylic oxidation sites excluding steroid dienone is 2. The van der Waals surface area contributed by atoms with Crippen molar-refractivity contribution in [3.8, 4) is 0 Å². The van der Waals surface area contributed by atoms with E-state index in [4.69, 9.17) is 11.5 Å². The standard InChI is InChI=1S/C24H16N2O2/c25-21-15-5-1-3-7-17(15)23(27)19(21)13-9-11-14(12-10-13)20-22(26)16-6-2-4-8-18(16)24(20)28/h1-12H,25-26H2. The molecule has 2 aliphatic carbocycles. The number of fused-ring (bicyclic) bond motifs is 2. The van der Waals surface area contributed by atoms with E-state index in [0.29, 0.717) is 33.7 Å². The largest absolute Gasteiger partial charge is 0.398 e. The van der Waals surface area contributed by atoms with Crippen LogP contribution in [0.1, 0.15) is 43.0 Å². The van der Waals surface area contributed by atoms with Gasteiger partial charge in [-0.2, -0.15) is 0 Å². The van der Waals surface area contributed by atoms with Gasteiger partial charge in [-0.1, -0.05) is 72.8 Å². The number of carbonyl (C=O) groups is 2. The van der Waals surface area contributed by atoms with Gasteiger partial charge in [-0.25, -0.2) is 0 Å². The van der Waals surface area contributed by atoms with Crippen LogP contribution in [0.25, 0.3) is 22.5 Å². The average Bonchev–Trinajstić information content (AvgIpc) is 3.14. The Labute approximate surface area is 161 Å². The molecular formula is C24H16N2O2. The molecule has 4 N–H and O–H groups in total. The number of benzene rings is 3. The van der Waals surface area contributed by atoms with Gasteiger partial charge in [0.1, 0.15) is 0 Å². The van der Waals surface area contributed by atoms with Crippen LogP contribution in [0.2, 0.25) is 0 Å². The minimum atomic E-state index is -0.0797. The van der Waals surface area contributed by atoms with E-state index in [1.807, 2.05) is 60.7 Å². The van der Waals surface area contributed by atoms with Crippen molar-refractivity contribution in [2.24, 2.45) is 11.5 Å². The molecule has 0 fully saturated rings. The molecule has 0 unspecified atom stereocenters. The quantitative estimate of drug-likeness (QED) is 0.725.